The van der Waals surface area contributed by atoms with E-state index in [1.165, 1.54) is 16.3 Å². The zero-order chi connectivity index (χ0) is 18.4. The summed E-state index contributed by atoms with van der Waals surface area (Å²) in [6.45, 7) is 3.05. The lowest BCUT2D eigenvalue weighted by Crippen LogP contribution is -2.24. The number of hydrogen-bond donors (Lipinski definition) is 1. The molecule has 0 spiro atoms. The molecule has 4 heteroatoms. The van der Waals surface area contributed by atoms with Gasteiger partial charge in [-0.2, -0.15) is 0 Å². The van der Waals surface area contributed by atoms with Crippen molar-refractivity contribution >= 4 is 28.3 Å². The molecule has 3 nitrogen and oxygen atoms in total. The first-order valence-electron chi connectivity index (χ1n) is 8.86. The molecule has 3 rings (SSSR count). The summed E-state index contributed by atoms with van der Waals surface area (Å²) in [5, 5.41) is 5.94. The third kappa shape index (κ3) is 4.36. The van der Waals surface area contributed by atoms with Crippen LogP contribution in [0.4, 0.5) is 0 Å². The second-order valence-electron chi connectivity index (χ2n) is 6.08. The zero-order valence-corrected chi connectivity index (χ0v) is 15.6. The summed E-state index contributed by atoms with van der Waals surface area (Å²) in [5.74, 6) is 0.481. The molecule has 1 amide bonds. The average Bonchev–Trinajstić information content (AvgIpc) is 2.67. The zero-order valence-electron chi connectivity index (χ0n) is 14.8. The molecule has 0 fully saturated rings. The number of carbonyl (C=O) groups is 1. The molecule has 0 bridgehead atoms. The molecule has 0 saturated heterocycles. The highest BCUT2D eigenvalue weighted by atomic mass is 35.5. The van der Waals surface area contributed by atoms with E-state index in [0.717, 1.165) is 12.8 Å². The Bertz CT molecular complexity index is 902. The highest BCUT2D eigenvalue weighted by molar-refractivity contribution is 6.32. The van der Waals surface area contributed by atoms with Crippen molar-refractivity contribution in [2.45, 2.75) is 19.8 Å². The Kier molecular flexibility index (Phi) is 6.13. The molecule has 0 heterocycles. The summed E-state index contributed by atoms with van der Waals surface area (Å²) in [4.78, 5) is 12.3. The highest BCUT2D eigenvalue weighted by Crippen LogP contribution is 2.25. The molecule has 26 heavy (non-hydrogen) atoms. The second kappa shape index (κ2) is 8.72. The van der Waals surface area contributed by atoms with Gasteiger partial charge in [-0.3, -0.25) is 4.79 Å². The van der Waals surface area contributed by atoms with Gasteiger partial charge in [-0.1, -0.05) is 54.1 Å². The maximum Gasteiger partial charge on any atom is 0.251 e. The number of ether oxygens (including phenoxy) is 1. The summed E-state index contributed by atoms with van der Waals surface area (Å²) in [7, 11) is 0. The van der Waals surface area contributed by atoms with Crippen LogP contribution in [0.5, 0.6) is 5.75 Å². The molecule has 134 valence electrons. The maximum absolute atomic E-state index is 12.3. The molecule has 0 aliphatic carbocycles. The van der Waals surface area contributed by atoms with E-state index in [0.29, 0.717) is 29.5 Å². The van der Waals surface area contributed by atoms with Crippen molar-refractivity contribution in [3.05, 3.63) is 76.8 Å². The predicted octanol–water partition coefficient (Wildman–Crippen LogP) is 5.25. The van der Waals surface area contributed by atoms with Crippen molar-refractivity contribution in [3.63, 3.8) is 0 Å². The van der Waals surface area contributed by atoms with E-state index in [1.54, 1.807) is 18.2 Å². The number of amides is 1. The highest BCUT2D eigenvalue weighted by Gasteiger charge is 2.09. The van der Waals surface area contributed by atoms with Crippen LogP contribution >= 0.6 is 11.6 Å². The Hall–Kier alpha value is -2.52. The van der Waals surface area contributed by atoms with Gasteiger partial charge in [-0.05, 0) is 54.3 Å². The van der Waals surface area contributed by atoms with E-state index in [4.69, 9.17) is 16.3 Å². The number of nitrogens with one attached hydrogen (secondary N) is 1. The van der Waals surface area contributed by atoms with E-state index >= 15 is 0 Å². The van der Waals surface area contributed by atoms with Crippen LogP contribution < -0.4 is 10.1 Å². The van der Waals surface area contributed by atoms with Crippen LogP contribution in [0, 0.1) is 0 Å². The molecular formula is C22H22ClNO2. The van der Waals surface area contributed by atoms with Gasteiger partial charge in [0.2, 0.25) is 0 Å². The number of benzene rings is 3. The average molecular weight is 368 g/mol. The lowest BCUT2D eigenvalue weighted by Gasteiger charge is -2.09. The van der Waals surface area contributed by atoms with Crippen molar-refractivity contribution in [1.82, 2.24) is 5.32 Å². The molecule has 3 aromatic carbocycles. The second-order valence-corrected chi connectivity index (χ2v) is 6.48. The maximum atomic E-state index is 12.3. The third-order valence-corrected chi connectivity index (χ3v) is 4.58. The Morgan fingerprint density at radius 2 is 1.88 bits per heavy atom. The Balaban J connectivity index is 1.54. The topological polar surface area (TPSA) is 38.3 Å². The number of aryl methyl sites for hydroxylation is 1. The summed E-state index contributed by atoms with van der Waals surface area (Å²) in [6, 6.07) is 19.8. The van der Waals surface area contributed by atoms with E-state index in [-0.39, 0.29) is 5.91 Å². The van der Waals surface area contributed by atoms with Gasteiger partial charge in [0.1, 0.15) is 5.75 Å². The SMILES string of the molecule is CCOc1ccc(C(=O)NCCCc2cccc3ccccc23)cc1Cl. The molecule has 3 aromatic rings. The van der Waals surface area contributed by atoms with Crippen molar-refractivity contribution in [2.75, 3.05) is 13.2 Å². The van der Waals surface area contributed by atoms with Crippen molar-refractivity contribution in [2.24, 2.45) is 0 Å². The van der Waals surface area contributed by atoms with Crippen molar-refractivity contribution in [3.8, 4) is 5.75 Å². The molecule has 0 aliphatic rings. The van der Waals surface area contributed by atoms with E-state index in [9.17, 15) is 4.79 Å². The van der Waals surface area contributed by atoms with E-state index in [2.05, 4.69) is 41.7 Å². The van der Waals surface area contributed by atoms with Gasteiger partial charge in [-0.25, -0.2) is 0 Å². The fraction of sp³-hybridized carbons (Fsp3) is 0.227. The molecular weight excluding hydrogens is 346 g/mol. The number of hydrogen-bond acceptors (Lipinski definition) is 2. The van der Waals surface area contributed by atoms with Gasteiger partial charge >= 0.3 is 0 Å². The van der Waals surface area contributed by atoms with Gasteiger partial charge in [0.05, 0.1) is 11.6 Å². The Labute approximate surface area is 158 Å². The first-order valence-corrected chi connectivity index (χ1v) is 9.24. The molecule has 1 N–H and O–H groups in total. The lowest BCUT2D eigenvalue weighted by atomic mass is 10.0. The fourth-order valence-corrected chi connectivity index (χ4v) is 3.24. The fourth-order valence-electron chi connectivity index (χ4n) is 3.01. The molecule has 0 aliphatic heterocycles. The van der Waals surface area contributed by atoms with Gasteiger partial charge < -0.3 is 10.1 Å². The minimum atomic E-state index is -0.118. The largest absolute Gasteiger partial charge is 0.492 e. The normalized spacial score (nSPS) is 10.7. The van der Waals surface area contributed by atoms with Crippen LogP contribution in [0.2, 0.25) is 5.02 Å². The van der Waals surface area contributed by atoms with Gasteiger partial charge in [0.25, 0.3) is 5.91 Å². The number of rotatable bonds is 7. The van der Waals surface area contributed by atoms with Crippen LogP contribution in [0.25, 0.3) is 10.8 Å². The molecule has 0 saturated carbocycles. The summed E-state index contributed by atoms with van der Waals surface area (Å²) < 4.78 is 5.39. The van der Waals surface area contributed by atoms with Gasteiger partial charge in [0, 0.05) is 12.1 Å². The minimum absolute atomic E-state index is 0.118. The van der Waals surface area contributed by atoms with Crippen LogP contribution in [0.1, 0.15) is 29.3 Å². The number of halogens is 1. The van der Waals surface area contributed by atoms with Crippen LogP contribution in [-0.4, -0.2) is 19.1 Å². The van der Waals surface area contributed by atoms with Gasteiger partial charge in [0.15, 0.2) is 0 Å². The first-order chi connectivity index (χ1) is 12.7. The molecule has 0 aromatic heterocycles. The van der Waals surface area contributed by atoms with Gasteiger partial charge in [-0.15, -0.1) is 0 Å². The lowest BCUT2D eigenvalue weighted by molar-refractivity contribution is 0.0953. The standard InChI is InChI=1S/C22H22ClNO2/c1-2-26-21-13-12-18(15-20(21)23)22(25)24-14-6-10-17-9-5-8-16-7-3-4-11-19(16)17/h3-5,7-9,11-13,15H,2,6,10,14H2,1H3,(H,24,25). The quantitative estimate of drug-likeness (QED) is 0.579. The Morgan fingerprint density at radius 1 is 1.08 bits per heavy atom. The van der Waals surface area contributed by atoms with Crippen molar-refractivity contribution < 1.29 is 9.53 Å². The summed E-state index contributed by atoms with van der Waals surface area (Å²) >= 11 is 6.14. The van der Waals surface area contributed by atoms with E-state index < -0.39 is 0 Å². The van der Waals surface area contributed by atoms with Crippen molar-refractivity contribution in [1.29, 1.82) is 0 Å². The molecule has 0 unspecified atom stereocenters. The third-order valence-electron chi connectivity index (χ3n) is 4.28. The first kappa shape index (κ1) is 18.3. The summed E-state index contributed by atoms with van der Waals surface area (Å²) in [5.41, 5.74) is 1.85. The number of fused-ring (bicyclic) bond motifs is 1. The Morgan fingerprint density at radius 3 is 2.69 bits per heavy atom. The minimum Gasteiger partial charge on any atom is -0.492 e. The van der Waals surface area contributed by atoms with Crippen LogP contribution in [-0.2, 0) is 6.42 Å². The van der Waals surface area contributed by atoms with Crippen LogP contribution in [0.15, 0.2) is 60.7 Å². The summed E-state index contributed by atoms with van der Waals surface area (Å²) in [6.07, 6.45) is 1.80. The molecule has 0 atom stereocenters. The van der Waals surface area contributed by atoms with Crippen LogP contribution in [0.3, 0.4) is 0 Å². The van der Waals surface area contributed by atoms with E-state index in [1.807, 2.05) is 13.0 Å². The monoisotopic (exact) mass is 367 g/mol. The molecule has 0 radical (unpaired) electrons. The number of carbonyl (C=O) groups excluding carboxylic acids is 1. The smallest absolute Gasteiger partial charge is 0.251 e. The predicted molar refractivity (Wildman–Crippen MR) is 107 cm³/mol.